The molecule has 0 aromatic heterocycles. The normalized spacial score (nSPS) is 13.8. The van der Waals surface area contributed by atoms with Gasteiger partial charge in [-0.1, -0.05) is 73.4 Å². The van der Waals surface area contributed by atoms with Crippen molar-refractivity contribution in [2.24, 2.45) is 9.98 Å². The summed E-state index contributed by atoms with van der Waals surface area (Å²) in [4.78, 5) is 8.31. The van der Waals surface area contributed by atoms with Crippen LogP contribution in [0.3, 0.4) is 0 Å². The van der Waals surface area contributed by atoms with Crippen molar-refractivity contribution in [2.45, 2.75) is 13.3 Å². The van der Waals surface area contributed by atoms with Gasteiger partial charge in [0.05, 0.1) is 0 Å². The Morgan fingerprint density at radius 3 is 2.61 bits per heavy atom. The van der Waals surface area contributed by atoms with Crippen LogP contribution < -0.4 is 0 Å². The number of nitrogens with zero attached hydrogens (tertiary/aromatic N) is 2. The fraction of sp³-hybridized carbons (Fsp3) is 0.143. The topological polar surface area (TPSA) is 24.7 Å². The highest BCUT2D eigenvalue weighted by molar-refractivity contribution is 5.95. The molecule has 2 nitrogen and oxygen atoms in total. The van der Waals surface area contributed by atoms with Crippen molar-refractivity contribution in [1.29, 1.82) is 0 Å². The van der Waals surface area contributed by atoms with E-state index in [4.69, 9.17) is 0 Å². The molecule has 1 aromatic carbocycles. The molecule has 0 saturated carbocycles. The zero-order valence-electron chi connectivity index (χ0n) is 13.9. The summed E-state index contributed by atoms with van der Waals surface area (Å²) in [7, 11) is 1.77. The lowest BCUT2D eigenvalue weighted by atomic mass is 10.0. The van der Waals surface area contributed by atoms with Crippen LogP contribution in [-0.2, 0) is 0 Å². The first kappa shape index (κ1) is 18.3. The summed E-state index contributed by atoms with van der Waals surface area (Å²) >= 11 is 0. The van der Waals surface area contributed by atoms with Crippen LogP contribution in [0.5, 0.6) is 0 Å². The second-order valence-corrected chi connectivity index (χ2v) is 4.77. The number of aliphatic imine (C=N–C) groups is 2. The van der Waals surface area contributed by atoms with E-state index in [1.165, 1.54) is 5.56 Å². The quantitative estimate of drug-likeness (QED) is 0.451. The van der Waals surface area contributed by atoms with E-state index in [2.05, 4.69) is 40.8 Å². The van der Waals surface area contributed by atoms with E-state index in [0.29, 0.717) is 0 Å². The second kappa shape index (κ2) is 11.9. The molecule has 0 unspecified atom stereocenters. The molecule has 0 radical (unpaired) electrons. The zero-order valence-corrected chi connectivity index (χ0v) is 13.9. The molecule has 0 aliphatic carbocycles. The molecule has 0 amide bonds. The van der Waals surface area contributed by atoms with E-state index < -0.39 is 0 Å². The standard InChI is InChI=1S/C21H24N2/c1-4-5-7-12-21(20-13-8-6-9-14-20)16-15-19(2)23-18-11-10-17-22-3/h4-9,11-18H,1,10H2,2-3H3/b7-5+,16-15+,18-11+,21-12-,22-17?,23-19-. The summed E-state index contributed by atoms with van der Waals surface area (Å²) in [6, 6.07) is 10.3. The van der Waals surface area contributed by atoms with Gasteiger partial charge >= 0.3 is 0 Å². The molecule has 0 aliphatic heterocycles. The Hall–Kier alpha value is -2.74. The summed E-state index contributed by atoms with van der Waals surface area (Å²) in [6.45, 7) is 5.67. The first-order chi connectivity index (χ1) is 11.3. The lowest BCUT2D eigenvalue weighted by molar-refractivity contribution is 1.38. The van der Waals surface area contributed by atoms with Crippen LogP contribution in [0, 0.1) is 0 Å². The first-order valence-electron chi connectivity index (χ1n) is 7.61. The Kier molecular flexibility index (Phi) is 9.45. The Balaban J connectivity index is 2.86. The molecule has 0 bridgehead atoms. The van der Waals surface area contributed by atoms with Crippen LogP contribution in [-0.4, -0.2) is 19.0 Å². The predicted octanol–water partition coefficient (Wildman–Crippen LogP) is 5.43. The summed E-state index contributed by atoms with van der Waals surface area (Å²) in [5.41, 5.74) is 3.24. The minimum absolute atomic E-state index is 0.804. The largest absolute Gasteiger partial charge is 0.301 e. The van der Waals surface area contributed by atoms with Crippen molar-refractivity contribution in [1.82, 2.24) is 0 Å². The molecule has 0 heterocycles. The molecule has 0 saturated heterocycles. The molecular weight excluding hydrogens is 280 g/mol. The lowest BCUT2D eigenvalue weighted by Gasteiger charge is -2.01. The number of hydrogen-bond acceptors (Lipinski definition) is 2. The fourth-order valence-electron chi connectivity index (χ4n) is 1.77. The highest BCUT2D eigenvalue weighted by Gasteiger charge is 1.95. The number of hydrogen-bond donors (Lipinski definition) is 0. The van der Waals surface area contributed by atoms with Crippen molar-refractivity contribution < 1.29 is 0 Å². The fourth-order valence-corrected chi connectivity index (χ4v) is 1.77. The predicted molar refractivity (Wildman–Crippen MR) is 104 cm³/mol. The van der Waals surface area contributed by atoms with Crippen LogP contribution >= 0.6 is 0 Å². The van der Waals surface area contributed by atoms with E-state index in [-0.39, 0.29) is 0 Å². The van der Waals surface area contributed by atoms with Crippen LogP contribution in [0.2, 0.25) is 0 Å². The molecular formula is C21H24N2. The van der Waals surface area contributed by atoms with Crippen LogP contribution in [0.1, 0.15) is 18.9 Å². The van der Waals surface area contributed by atoms with Gasteiger partial charge in [-0.05, 0) is 24.1 Å². The van der Waals surface area contributed by atoms with Gasteiger partial charge in [-0.15, -0.1) is 0 Å². The summed E-state index contributed by atoms with van der Waals surface area (Å²) in [6.07, 6.45) is 18.2. The zero-order chi connectivity index (χ0) is 16.8. The minimum Gasteiger partial charge on any atom is -0.301 e. The molecule has 0 fully saturated rings. The molecule has 0 N–H and O–H groups in total. The monoisotopic (exact) mass is 304 g/mol. The van der Waals surface area contributed by atoms with E-state index in [1.54, 1.807) is 13.1 Å². The van der Waals surface area contributed by atoms with E-state index >= 15 is 0 Å². The van der Waals surface area contributed by atoms with Crippen molar-refractivity contribution in [2.75, 3.05) is 7.05 Å². The smallest absolute Gasteiger partial charge is 0.0372 e. The maximum absolute atomic E-state index is 4.38. The van der Waals surface area contributed by atoms with Crippen molar-refractivity contribution in [3.8, 4) is 0 Å². The first-order valence-corrected chi connectivity index (χ1v) is 7.61. The SMILES string of the molecule is C=C/C=C/C=C(/C=C/C(C)=N\C=C\CC=NC)c1ccccc1. The van der Waals surface area contributed by atoms with E-state index in [1.807, 2.05) is 61.8 Å². The second-order valence-electron chi connectivity index (χ2n) is 4.77. The van der Waals surface area contributed by atoms with Gasteiger partial charge in [0.15, 0.2) is 0 Å². The van der Waals surface area contributed by atoms with Crippen LogP contribution in [0.15, 0.2) is 95.6 Å². The van der Waals surface area contributed by atoms with Gasteiger partial charge in [-0.3, -0.25) is 4.99 Å². The Bertz CT molecular complexity index is 642. The molecule has 1 aromatic rings. The summed E-state index contributed by atoms with van der Waals surface area (Å²) in [5.74, 6) is 0. The molecule has 118 valence electrons. The lowest BCUT2D eigenvalue weighted by Crippen LogP contribution is -1.85. The molecule has 1 rings (SSSR count). The van der Waals surface area contributed by atoms with E-state index in [9.17, 15) is 0 Å². The molecule has 0 atom stereocenters. The van der Waals surface area contributed by atoms with Gasteiger partial charge in [0, 0.05) is 31.6 Å². The van der Waals surface area contributed by atoms with Crippen molar-refractivity contribution >= 4 is 17.5 Å². The van der Waals surface area contributed by atoms with Gasteiger partial charge in [-0.25, -0.2) is 0 Å². The number of rotatable bonds is 8. The maximum Gasteiger partial charge on any atom is 0.0372 e. The third kappa shape index (κ3) is 8.32. The average Bonchev–Trinajstić information content (AvgIpc) is 2.58. The van der Waals surface area contributed by atoms with Gasteiger partial charge in [0.1, 0.15) is 0 Å². The van der Waals surface area contributed by atoms with Gasteiger partial charge in [0.2, 0.25) is 0 Å². The highest BCUT2D eigenvalue weighted by atomic mass is 14.7. The Labute approximate surface area is 139 Å². The van der Waals surface area contributed by atoms with Gasteiger partial charge in [-0.2, -0.15) is 0 Å². The number of allylic oxidation sites excluding steroid dienone is 8. The molecule has 23 heavy (non-hydrogen) atoms. The van der Waals surface area contributed by atoms with Gasteiger partial charge < -0.3 is 4.99 Å². The van der Waals surface area contributed by atoms with Gasteiger partial charge in [0.25, 0.3) is 0 Å². The third-order valence-electron chi connectivity index (χ3n) is 2.94. The third-order valence-corrected chi connectivity index (χ3v) is 2.94. The van der Waals surface area contributed by atoms with Crippen LogP contribution in [0.4, 0.5) is 0 Å². The Morgan fingerprint density at radius 2 is 1.91 bits per heavy atom. The Morgan fingerprint density at radius 1 is 1.13 bits per heavy atom. The summed E-state index contributed by atoms with van der Waals surface area (Å²) in [5, 5.41) is 0. The molecule has 2 heteroatoms. The average molecular weight is 304 g/mol. The van der Waals surface area contributed by atoms with Crippen molar-refractivity contribution in [3.05, 3.63) is 91.2 Å². The minimum atomic E-state index is 0.804. The molecule has 0 aliphatic rings. The van der Waals surface area contributed by atoms with Crippen molar-refractivity contribution in [3.63, 3.8) is 0 Å². The molecule has 0 spiro atoms. The maximum atomic E-state index is 4.38. The summed E-state index contributed by atoms with van der Waals surface area (Å²) < 4.78 is 0. The highest BCUT2D eigenvalue weighted by Crippen LogP contribution is 2.15. The number of benzene rings is 1. The van der Waals surface area contributed by atoms with Crippen LogP contribution in [0.25, 0.3) is 5.57 Å². The van der Waals surface area contributed by atoms with E-state index in [0.717, 1.165) is 17.7 Å².